The molecule has 0 spiro atoms. The molecule has 0 unspecified atom stereocenters. The van der Waals surface area contributed by atoms with E-state index >= 15 is 0 Å². The van der Waals surface area contributed by atoms with Crippen LogP contribution in [0.4, 0.5) is 5.69 Å². The van der Waals surface area contributed by atoms with E-state index in [-0.39, 0.29) is 11.9 Å². The summed E-state index contributed by atoms with van der Waals surface area (Å²) in [7, 11) is 0. The first kappa shape index (κ1) is 15.3. The first-order valence-electron chi connectivity index (χ1n) is 8.75. The fraction of sp³-hybridized carbons (Fsp3) is 0.500. The first-order chi connectivity index (χ1) is 11.7. The molecular formula is C18H23N5O. The average Bonchev–Trinajstić information content (AvgIpc) is 3.18. The Labute approximate surface area is 141 Å². The second-order valence-corrected chi connectivity index (χ2v) is 6.69. The summed E-state index contributed by atoms with van der Waals surface area (Å²) in [5.41, 5.74) is 2.19. The summed E-state index contributed by atoms with van der Waals surface area (Å²) in [5, 5.41) is 11.9. The number of rotatable bonds is 4. The molecule has 0 saturated carbocycles. The highest BCUT2D eigenvalue weighted by Gasteiger charge is 2.32. The van der Waals surface area contributed by atoms with E-state index in [4.69, 9.17) is 0 Å². The van der Waals surface area contributed by atoms with Gasteiger partial charge in [0.05, 0.1) is 12.6 Å². The van der Waals surface area contributed by atoms with Crippen LogP contribution in [0.5, 0.6) is 0 Å². The largest absolute Gasteiger partial charge is 0.314 e. The Morgan fingerprint density at radius 2 is 2.00 bits per heavy atom. The number of aromatic nitrogens is 3. The van der Waals surface area contributed by atoms with E-state index in [9.17, 15) is 4.79 Å². The molecule has 1 N–H and O–H groups in total. The number of benzene rings is 1. The summed E-state index contributed by atoms with van der Waals surface area (Å²) in [5.74, 6) is 2.18. The van der Waals surface area contributed by atoms with E-state index in [0.29, 0.717) is 6.54 Å². The lowest BCUT2D eigenvalue weighted by Crippen LogP contribution is -2.38. The van der Waals surface area contributed by atoms with Gasteiger partial charge in [0.15, 0.2) is 0 Å². The summed E-state index contributed by atoms with van der Waals surface area (Å²) < 4.78 is 2.20. The third-order valence-electron chi connectivity index (χ3n) is 4.99. The minimum Gasteiger partial charge on any atom is -0.314 e. The van der Waals surface area contributed by atoms with Gasteiger partial charge in [-0.15, -0.1) is 10.2 Å². The van der Waals surface area contributed by atoms with Gasteiger partial charge in [-0.3, -0.25) is 10.1 Å². The Morgan fingerprint density at radius 1 is 1.17 bits per heavy atom. The molecule has 1 atom stereocenters. The maximum atomic E-state index is 12.7. The second-order valence-electron chi connectivity index (χ2n) is 6.69. The van der Waals surface area contributed by atoms with E-state index in [0.717, 1.165) is 43.3 Å². The highest BCUT2D eigenvalue weighted by atomic mass is 16.2. The van der Waals surface area contributed by atoms with E-state index in [1.54, 1.807) is 0 Å². The maximum Gasteiger partial charge on any atom is 0.244 e. The molecule has 0 radical (unpaired) electrons. The third kappa shape index (κ3) is 2.82. The minimum atomic E-state index is -0.136. The molecule has 1 aromatic heterocycles. The summed E-state index contributed by atoms with van der Waals surface area (Å²) in [4.78, 5) is 14.5. The monoisotopic (exact) mass is 325 g/mol. The minimum absolute atomic E-state index is 0.136. The highest BCUT2D eigenvalue weighted by Crippen LogP contribution is 2.22. The predicted octanol–water partition coefficient (Wildman–Crippen LogP) is 1.82. The van der Waals surface area contributed by atoms with Crippen LogP contribution < -0.4 is 10.2 Å². The van der Waals surface area contributed by atoms with Crippen molar-refractivity contribution in [2.45, 2.75) is 51.7 Å². The average molecular weight is 325 g/mol. The van der Waals surface area contributed by atoms with Gasteiger partial charge in [-0.05, 0) is 38.3 Å². The zero-order valence-corrected chi connectivity index (χ0v) is 14.0. The number of carbonyl (C=O) groups excluding carboxylic acids is 1. The zero-order chi connectivity index (χ0) is 16.5. The van der Waals surface area contributed by atoms with Crippen LogP contribution in [0.25, 0.3) is 0 Å². The molecule has 6 heteroatoms. The Hall–Kier alpha value is -2.21. The lowest BCUT2D eigenvalue weighted by atomic mass is 10.1. The highest BCUT2D eigenvalue weighted by molar-refractivity contribution is 5.99. The van der Waals surface area contributed by atoms with Crippen LogP contribution in [0.3, 0.4) is 0 Å². The molecule has 6 nitrogen and oxygen atoms in total. The molecule has 0 bridgehead atoms. The van der Waals surface area contributed by atoms with Gasteiger partial charge in [-0.2, -0.15) is 0 Å². The SMILES string of the molecule is Cc1ccc(N2CC[C@H](NCc3nnc4n3CCCC4)C2=O)cc1. The lowest BCUT2D eigenvalue weighted by Gasteiger charge is -2.18. The molecular weight excluding hydrogens is 302 g/mol. The van der Waals surface area contributed by atoms with E-state index in [1.807, 2.05) is 29.2 Å². The molecule has 4 rings (SSSR count). The molecule has 1 amide bonds. The number of nitrogens with one attached hydrogen (secondary N) is 1. The van der Waals surface area contributed by atoms with Crippen LogP contribution >= 0.6 is 0 Å². The fourth-order valence-corrected chi connectivity index (χ4v) is 3.56. The predicted molar refractivity (Wildman–Crippen MR) is 91.7 cm³/mol. The number of hydrogen-bond donors (Lipinski definition) is 1. The van der Waals surface area contributed by atoms with Gasteiger partial charge in [0.2, 0.25) is 5.91 Å². The van der Waals surface area contributed by atoms with Crippen molar-refractivity contribution in [3.63, 3.8) is 0 Å². The first-order valence-corrected chi connectivity index (χ1v) is 8.75. The summed E-state index contributed by atoms with van der Waals surface area (Å²) in [6, 6.07) is 8.00. The third-order valence-corrected chi connectivity index (χ3v) is 4.99. The van der Waals surface area contributed by atoms with Crippen LogP contribution in [-0.2, 0) is 24.3 Å². The quantitative estimate of drug-likeness (QED) is 0.931. The van der Waals surface area contributed by atoms with Crippen LogP contribution in [0.1, 0.15) is 36.5 Å². The number of carbonyl (C=O) groups is 1. The fourth-order valence-electron chi connectivity index (χ4n) is 3.56. The van der Waals surface area contributed by atoms with Gasteiger partial charge in [0.1, 0.15) is 11.6 Å². The molecule has 1 aromatic carbocycles. The number of aryl methyl sites for hydroxylation is 2. The topological polar surface area (TPSA) is 63.0 Å². The molecule has 126 valence electrons. The van der Waals surface area contributed by atoms with Gasteiger partial charge in [0, 0.05) is 25.2 Å². The van der Waals surface area contributed by atoms with Crippen molar-refractivity contribution in [2.75, 3.05) is 11.4 Å². The standard InChI is InChI=1S/C18H23N5O/c1-13-5-7-14(8-6-13)22-11-9-15(18(22)24)19-12-17-21-20-16-4-2-3-10-23(16)17/h5-8,15,19H,2-4,9-12H2,1H3/t15-/m0/s1. The Kier molecular flexibility index (Phi) is 4.06. The summed E-state index contributed by atoms with van der Waals surface area (Å²) in [6.07, 6.45) is 4.21. The number of hydrogen-bond acceptors (Lipinski definition) is 4. The van der Waals surface area contributed by atoms with Crippen molar-refractivity contribution in [3.8, 4) is 0 Å². The van der Waals surface area contributed by atoms with Crippen molar-refractivity contribution in [1.29, 1.82) is 0 Å². The van der Waals surface area contributed by atoms with Crippen LogP contribution in [-0.4, -0.2) is 33.3 Å². The van der Waals surface area contributed by atoms with E-state index in [2.05, 4.69) is 27.0 Å². The maximum absolute atomic E-state index is 12.7. The molecule has 2 aliphatic rings. The van der Waals surface area contributed by atoms with Crippen LogP contribution in [0.2, 0.25) is 0 Å². The molecule has 0 aliphatic carbocycles. The Morgan fingerprint density at radius 3 is 2.83 bits per heavy atom. The summed E-state index contributed by atoms with van der Waals surface area (Å²) in [6.45, 7) is 4.41. The van der Waals surface area contributed by atoms with Crippen molar-refractivity contribution < 1.29 is 4.79 Å². The lowest BCUT2D eigenvalue weighted by molar-refractivity contribution is -0.118. The van der Waals surface area contributed by atoms with Gasteiger partial charge in [-0.1, -0.05) is 17.7 Å². The molecule has 2 aromatic rings. The molecule has 1 saturated heterocycles. The number of fused-ring (bicyclic) bond motifs is 1. The van der Waals surface area contributed by atoms with Crippen LogP contribution in [0, 0.1) is 6.92 Å². The molecule has 2 aliphatic heterocycles. The van der Waals surface area contributed by atoms with Crippen molar-refractivity contribution in [1.82, 2.24) is 20.1 Å². The molecule has 24 heavy (non-hydrogen) atoms. The molecule has 1 fully saturated rings. The van der Waals surface area contributed by atoms with Crippen molar-refractivity contribution >= 4 is 11.6 Å². The number of amides is 1. The number of anilines is 1. The van der Waals surface area contributed by atoms with Crippen LogP contribution in [0.15, 0.2) is 24.3 Å². The number of nitrogens with zero attached hydrogens (tertiary/aromatic N) is 4. The van der Waals surface area contributed by atoms with Gasteiger partial charge >= 0.3 is 0 Å². The van der Waals surface area contributed by atoms with Gasteiger partial charge in [-0.25, -0.2) is 0 Å². The van der Waals surface area contributed by atoms with Gasteiger partial charge in [0.25, 0.3) is 0 Å². The van der Waals surface area contributed by atoms with Crippen molar-refractivity contribution in [2.24, 2.45) is 0 Å². The summed E-state index contributed by atoms with van der Waals surface area (Å²) >= 11 is 0. The zero-order valence-electron chi connectivity index (χ0n) is 14.0. The van der Waals surface area contributed by atoms with Crippen molar-refractivity contribution in [3.05, 3.63) is 41.5 Å². The smallest absolute Gasteiger partial charge is 0.244 e. The Balaban J connectivity index is 1.40. The Bertz CT molecular complexity index is 736. The molecule has 3 heterocycles. The van der Waals surface area contributed by atoms with E-state index < -0.39 is 0 Å². The second kappa shape index (κ2) is 6.36. The van der Waals surface area contributed by atoms with Gasteiger partial charge < -0.3 is 9.47 Å². The van der Waals surface area contributed by atoms with E-state index in [1.165, 1.54) is 18.4 Å². The normalized spacial score (nSPS) is 20.5.